The second-order valence-corrected chi connectivity index (χ2v) is 12.4. The van der Waals surface area contributed by atoms with E-state index in [4.69, 9.17) is 10.7 Å². The highest BCUT2D eigenvalue weighted by Crippen LogP contribution is 2.45. The van der Waals surface area contributed by atoms with Crippen LogP contribution in [0.2, 0.25) is 0 Å². The Morgan fingerprint density at radius 2 is 1.80 bits per heavy atom. The fraction of sp³-hybridized carbons (Fsp3) is 0.308. The molecule has 1 aromatic carbocycles. The Balaban J connectivity index is 1.30. The molecule has 4 aromatic heterocycles. The monoisotopic (exact) mass is 558 g/mol. The lowest BCUT2D eigenvalue weighted by atomic mass is 9.87. The first-order valence-electron chi connectivity index (χ1n) is 13.0. The Morgan fingerprint density at radius 1 is 1.05 bits per heavy atom. The van der Waals surface area contributed by atoms with Crippen LogP contribution in [0.5, 0.6) is 0 Å². The van der Waals surface area contributed by atoms with Gasteiger partial charge in [0.15, 0.2) is 21.2 Å². The van der Waals surface area contributed by atoms with Crippen molar-refractivity contribution in [2.75, 3.05) is 12.0 Å². The molecular weight excluding hydrogens is 532 g/mol. The van der Waals surface area contributed by atoms with E-state index in [0.717, 1.165) is 30.3 Å². The van der Waals surface area contributed by atoms with Crippen molar-refractivity contribution in [2.45, 2.75) is 48.6 Å². The molecule has 2 saturated heterocycles. The molecule has 5 aromatic rings. The minimum absolute atomic E-state index is 0.00434. The van der Waals surface area contributed by atoms with E-state index >= 15 is 0 Å². The Bertz CT molecular complexity index is 1830. The number of hydrogen-bond acceptors (Lipinski definition) is 9. The number of anilines is 1. The third kappa shape index (κ3) is 3.86. The molecule has 6 heterocycles. The molecule has 0 aliphatic carbocycles. The van der Waals surface area contributed by atoms with Crippen molar-refractivity contribution in [3.8, 4) is 16.8 Å². The van der Waals surface area contributed by atoms with Crippen molar-refractivity contribution in [2.24, 2.45) is 0 Å². The van der Waals surface area contributed by atoms with E-state index in [9.17, 15) is 13.2 Å². The molecule has 204 valence electrons. The molecule has 3 N–H and O–H groups in total. The van der Waals surface area contributed by atoms with Gasteiger partial charge in [-0.1, -0.05) is 18.2 Å². The Morgan fingerprint density at radius 3 is 2.48 bits per heavy atom. The van der Waals surface area contributed by atoms with E-state index < -0.39 is 9.84 Å². The highest BCUT2D eigenvalue weighted by molar-refractivity contribution is 7.91. The highest BCUT2D eigenvalue weighted by atomic mass is 32.2. The largest absolute Gasteiger partial charge is 0.382 e. The number of carbonyl (C=O) groups excluding carboxylic acids is 1. The number of para-hydroxylation sites is 1. The summed E-state index contributed by atoms with van der Waals surface area (Å²) in [5.41, 5.74) is 10.0. The first-order valence-corrected chi connectivity index (χ1v) is 14.8. The molecule has 2 fully saturated rings. The minimum atomic E-state index is -3.74. The van der Waals surface area contributed by atoms with Crippen LogP contribution in [0, 0.1) is 0 Å². The molecule has 13 nitrogen and oxygen atoms in total. The van der Waals surface area contributed by atoms with Gasteiger partial charge in [0.25, 0.3) is 5.91 Å². The van der Waals surface area contributed by atoms with Crippen LogP contribution in [0.15, 0.2) is 60.0 Å². The molecular formula is C26H26N10O3S. The summed E-state index contributed by atoms with van der Waals surface area (Å²) in [6.07, 6.45) is 10.6. The number of rotatable bonds is 5. The number of aromatic nitrogens is 8. The number of piperidine rings is 1. The first-order chi connectivity index (χ1) is 19.3. The zero-order chi connectivity index (χ0) is 27.6. The number of nitrogen functional groups attached to an aromatic ring is 1. The van der Waals surface area contributed by atoms with Crippen LogP contribution < -0.4 is 5.73 Å². The van der Waals surface area contributed by atoms with Crippen LogP contribution in [0.4, 0.5) is 5.82 Å². The number of sulfone groups is 1. The van der Waals surface area contributed by atoms with Crippen LogP contribution in [0.3, 0.4) is 0 Å². The Labute approximate surface area is 228 Å². The molecule has 40 heavy (non-hydrogen) atoms. The molecule has 1 amide bonds. The maximum Gasteiger partial charge on any atom is 0.276 e. The average molecular weight is 559 g/mol. The fourth-order valence-electron chi connectivity index (χ4n) is 6.23. The second-order valence-electron chi connectivity index (χ2n) is 10.4. The maximum atomic E-state index is 13.1. The number of benzene rings is 1. The molecule has 14 heteroatoms. The molecule has 0 radical (unpaired) electrons. The summed E-state index contributed by atoms with van der Waals surface area (Å²) in [5.74, 6) is -0.345. The smallest absolute Gasteiger partial charge is 0.276 e. The van der Waals surface area contributed by atoms with Gasteiger partial charge in [-0.25, -0.2) is 18.1 Å². The quantitative estimate of drug-likeness (QED) is 0.328. The SMILES string of the molecule is CS(=O)(=O)c1c(C2C[C@H]3CC[C@@H](C2)N3C(=O)c2cn[nH]n2)nc2c(-c3cnn(-c4ccccc4)c3)cnn2c1N. The summed E-state index contributed by atoms with van der Waals surface area (Å²) in [6.45, 7) is 0. The molecule has 7 rings (SSSR count). The van der Waals surface area contributed by atoms with Crippen LogP contribution >= 0.6 is 0 Å². The Kier molecular flexibility index (Phi) is 5.49. The van der Waals surface area contributed by atoms with Gasteiger partial charge in [0.05, 0.1) is 30.0 Å². The summed E-state index contributed by atoms with van der Waals surface area (Å²) in [4.78, 5) is 19.9. The van der Waals surface area contributed by atoms with Crippen molar-refractivity contribution in [3.05, 3.63) is 66.5 Å². The van der Waals surface area contributed by atoms with Gasteiger partial charge in [-0.3, -0.25) is 4.79 Å². The lowest BCUT2D eigenvalue weighted by Crippen LogP contribution is -2.46. The zero-order valence-electron chi connectivity index (χ0n) is 21.5. The van der Waals surface area contributed by atoms with Crippen LogP contribution in [-0.4, -0.2) is 77.4 Å². The number of amides is 1. The number of nitrogens with one attached hydrogen (secondary N) is 1. The van der Waals surface area contributed by atoms with Gasteiger partial charge in [-0.2, -0.15) is 30.1 Å². The molecule has 0 spiro atoms. The molecule has 1 unspecified atom stereocenters. The topological polar surface area (TPSA) is 170 Å². The van der Waals surface area contributed by atoms with Crippen LogP contribution in [0.25, 0.3) is 22.5 Å². The van der Waals surface area contributed by atoms with E-state index in [1.807, 2.05) is 41.4 Å². The summed E-state index contributed by atoms with van der Waals surface area (Å²) >= 11 is 0. The standard InChI is InChI=1S/C26H26N10O3S/c1-40(38,39)23-22(15-9-18-7-8-19(10-15)35(18)26(37)21-13-28-33-32-21)31-25-20(12-30-36(25)24(23)27)16-11-29-34(14-16)17-5-3-2-4-6-17/h2-6,11-15,18-19H,7-10,27H2,1H3,(H,28,32,33)/t15?,18-,19+. The number of H-pyrrole nitrogens is 1. The predicted molar refractivity (Wildman–Crippen MR) is 144 cm³/mol. The van der Waals surface area contributed by atoms with Gasteiger partial charge >= 0.3 is 0 Å². The van der Waals surface area contributed by atoms with Crippen molar-refractivity contribution in [1.29, 1.82) is 0 Å². The number of aromatic amines is 1. The lowest BCUT2D eigenvalue weighted by Gasteiger charge is -2.38. The number of fused-ring (bicyclic) bond motifs is 3. The van der Waals surface area contributed by atoms with Crippen LogP contribution in [0.1, 0.15) is 47.8 Å². The number of nitrogens with zero attached hydrogens (tertiary/aromatic N) is 8. The van der Waals surface area contributed by atoms with Gasteiger partial charge < -0.3 is 10.6 Å². The first kappa shape index (κ1) is 24.5. The van der Waals surface area contributed by atoms with E-state index in [1.54, 1.807) is 17.1 Å². The molecule has 2 aliphatic heterocycles. The average Bonchev–Trinajstić information content (AvgIpc) is 3.74. The highest BCUT2D eigenvalue weighted by Gasteiger charge is 2.46. The van der Waals surface area contributed by atoms with Crippen LogP contribution in [-0.2, 0) is 9.84 Å². The van der Waals surface area contributed by atoms with Crippen molar-refractivity contribution in [3.63, 3.8) is 0 Å². The van der Waals surface area contributed by atoms with E-state index in [-0.39, 0.29) is 40.3 Å². The second kappa shape index (κ2) is 8.98. The third-order valence-electron chi connectivity index (χ3n) is 7.94. The summed E-state index contributed by atoms with van der Waals surface area (Å²) in [6, 6.07) is 9.59. The number of nitrogens with two attached hydrogens (primary N) is 1. The summed E-state index contributed by atoms with van der Waals surface area (Å²) < 4.78 is 29.2. The van der Waals surface area contributed by atoms with Gasteiger partial charge in [-0.15, -0.1) is 0 Å². The van der Waals surface area contributed by atoms with Gasteiger partial charge in [0, 0.05) is 41.6 Å². The van der Waals surface area contributed by atoms with Gasteiger partial charge in [-0.05, 0) is 37.8 Å². The van der Waals surface area contributed by atoms with E-state index in [2.05, 4.69) is 25.6 Å². The van der Waals surface area contributed by atoms with Gasteiger partial charge in [0.1, 0.15) is 10.7 Å². The molecule has 2 aliphatic rings. The lowest BCUT2D eigenvalue weighted by molar-refractivity contribution is 0.0562. The fourth-order valence-corrected chi connectivity index (χ4v) is 7.29. The maximum absolute atomic E-state index is 13.1. The summed E-state index contributed by atoms with van der Waals surface area (Å²) in [7, 11) is -3.74. The van der Waals surface area contributed by atoms with Crippen molar-refractivity contribution < 1.29 is 13.2 Å². The zero-order valence-corrected chi connectivity index (χ0v) is 22.4. The Hall–Kier alpha value is -4.59. The van der Waals surface area contributed by atoms with E-state index in [1.165, 1.54) is 10.7 Å². The molecule has 2 bridgehead atoms. The van der Waals surface area contributed by atoms with Crippen molar-refractivity contribution >= 4 is 27.2 Å². The molecule has 0 saturated carbocycles. The third-order valence-corrected chi connectivity index (χ3v) is 9.10. The number of carbonyl (C=O) groups is 1. The number of hydrogen-bond donors (Lipinski definition) is 2. The normalized spacial score (nSPS) is 20.8. The van der Waals surface area contributed by atoms with Crippen molar-refractivity contribution in [1.82, 2.24) is 44.7 Å². The summed E-state index contributed by atoms with van der Waals surface area (Å²) in [5, 5.41) is 19.1. The molecule has 3 atom stereocenters. The van der Waals surface area contributed by atoms with E-state index in [0.29, 0.717) is 29.7 Å². The predicted octanol–water partition coefficient (Wildman–Crippen LogP) is 2.24. The minimum Gasteiger partial charge on any atom is -0.382 e. The van der Waals surface area contributed by atoms with Gasteiger partial charge in [0.2, 0.25) is 0 Å².